The zero-order chi connectivity index (χ0) is 12.1. The Bertz CT molecular complexity index is 389. The number of ether oxygens (including phenoxy) is 2. The van der Waals surface area contributed by atoms with Crippen LogP contribution in [0, 0.1) is 0 Å². The van der Waals surface area contributed by atoms with Gasteiger partial charge in [-0.05, 0) is 6.92 Å². The molecule has 4 heteroatoms. The molecule has 0 bridgehead atoms. The second-order valence-electron chi connectivity index (χ2n) is 3.61. The molecule has 0 spiro atoms. The maximum atomic E-state index is 5.88. The molecule has 0 amide bonds. The van der Waals surface area contributed by atoms with Crippen molar-refractivity contribution in [1.82, 2.24) is 0 Å². The molecule has 0 unspecified atom stereocenters. The van der Waals surface area contributed by atoms with Crippen LogP contribution in [0.2, 0.25) is 0 Å². The van der Waals surface area contributed by atoms with Crippen LogP contribution in [-0.4, -0.2) is 20.8 Å². The molecule has 0 radical (unpaired) electrons. The summed E-state index contributed by atoms with van der Waals surface area (Å²) in [5.74, 6) is 1.28. The number of rotatable bonds is 5. The number of hydrogen-bond acceptors (Lipinski definition) is 4. The van der Waals surface area contributed by atoms with Crippen LogP contribution in [0.5, 0.6) is 11.5 Å². The van der Waals surface area contributed by atoms with Gasteiger partial charge in [-0.2, -0.15) is 0 Å². The first kappa shape index (κ1) is 12.2. The highest BCUT2D eigenvalue weighted by atomic mass is 16.5. The Kier molecular flexibility index (Phi) is 4.05. The molecule has 3 N–H and O–H groups in total. The van der Waals surface area contributed by atoms with E-state index in [1.165, 1.54) is 0 Å². The number of anilines is 2. The van der Waals surface area contributed by atoms with Gasteiger partial charge >= 0.3 is 0 Å². The zero-order valence-corrected chi connectivity index (χ0v) is 9.96. The molecule has 0 aliphatic rings. The van der Waals surface area contributed by atoms with Crippen LogP contribution in [0.4, 0.5) is 11.4 Å². The zero-order valence-electron chi connectivity index (χ0n) is 9.96. The van der Waals surface area contributed by atoms with Crippen LogP contribution < -0.4 is 20.5 Å². The third kappa shape index (κ3) is 2.82. The smallest absolute Gasteiger partial charge is 0.162 e. The van der Waals surface area contributed by atoms with Gasteiger partial charge in [-0.1, -0.05) is 12.2 Å². The summed E-state index contributed by atoms with van der Waals surface area (Å²) < 4.78 is 10.3. The molecule has 0 heterocycles. The van der Waals surface area contributed by atoms with Crippen molar-refractivity contribution in [1.29, 1.82) is 0 Å². The molecular weight excluding hydrogens is 204 g/mol. The van der Waals surface area contributed by atoms with E-state index in [-0.39, 0.29) is 0 Å². The molecule has 4 nitrogen and oxygen atoms in total. The minimum absolute atomic E-state index is 0.624. The number of nitrogens with one attached hydrogen (secondary N) is 1. The maximum Gasteiger partial charge on any atom is 0.162 e. The summed E-state index contributed by atoms with van der Waals surface area (Å²) in [6.45, 7) is 6.45. The van der Waals surface area contributed by atoms with Gasteiger partial charge in [0.15, 0.2) is 11.5 Å². The van der Waals surface area contributed by atoms with Crippen LogP contribution in [0.15, 0.2) is 24.3 Å². The van der Waals surface area contributed by atoms with E-state index in [1.54, 1.807) is 20.3 Å². The lowest BCUT2D eigenvalue weighted by molar-refractivity contribution is 0.355. The van der Waals surface area contributed by atoms with Crippen LogP contribution >= 0.6 is 0 Å². The molecular formula is C12H18N2O2. The highest BCUT2D eigenvalue weighted by Gasteiger charge is 2.08. The fraction of sp³-hybridized carbons (Fsp3) is 0.333. The van der Waals surface area contributed by atoms with E-state index >= 15 is 0 Å². The molecule has 0 aliphatic carbocycles. The lowest BCUT2D eigenvalue weighted by Gasteiger charge is -2.13. The molecule has 0 fully saturated rings. The van der Waals surface area contributed by atoms with Crippen LogP contribution in [0.1, 0.15) is 6.92 Å². The van der Waals surface area contributed by atoms with Gasteiger partial charge in [-0.25, -0.2) is 0 Å². The summed E-state index contributed by atoms with van der Waals surface area (Å²) in [5, 5.41) is 3.18. The Morgan fingerprint density at radius 1 is 1.31 bits per heavy atom. The second kappa shape index (κ2) is 5.30. The Morgan fingerprint density at radius 3 is 2.38 bits per heavy atom. The Hall–Kier alpha value is -1.84. The number of methoxy groups -OCH3 is 2. The fourth-order valence-corrected chi connectivity index (χ4v) is 1.29. The summed E-state index contributed by atoms with van der Waals surface area (Å²) in [7, 11) is 3.18. The van der Waals surface area contributed by atoms with Crippen molar-refractivity contribution >= 4 is 11.4 Å². The molecule has 1 rings (SSSR count). The quantitative estimate of drug-likeness (QED) is 0.592. The minimum Gasteiger partial charge on any atom is -0.493 e. The summed E-state index contributed by atoms with van der Waals surface area (Å²) in [6, 6.07) is 3.55. The van der Waals surface area contributed by atoms with Crippen molar-refractivity contribution < 1.29 is 9.47 Å². The van der Waals surface area contributed by atoms with E-state index in [0.29, 0.717) is 23.7 Å². The molecule has 88 valence electrons. The molecule has 1 aromatic rings. The lowest BCUT2D eigenvalue weighted by atomic mass is 10.2. The van der Waals surface area contributed by atoms with Crippen molar-refractivity contribution in [3.63, 3.8) is 0 Å². The molecule has 1 aromatic carbocycles. The van der Waals surface area contributed by atoms with Crippen LogP contribution in [-0.2, 0) is 0 Å². The molecule has 0 saturated heterocycles. The standard InChI is InChI=1S/C12H18N2O2/c1-8(2)7-14-10-6-12(16-4)11(15-3)5-9(10)13/h5-6,14H,1,7,13H2,2-4H3. The van der Waals surface area contributed by atoms with E-state index in [2.05, 4.69) is 11.9 Å². The van der Waals surface area contributed by atoms with E-state index in [4.69, 9.17) is 15.2 Å². The van der Waals surface area contributed by atoms with Gasteiger partial charge < -0.3 is 20.5 Å². The number of nitrogens with two attached hydrogens (primary N) is 1. The third-order valence-electron chi connectivity index (χ3n) is 2.14. The monoisotopic (exact) mass is 222 g/mol. The first-order chi connectivity index (χ1) is 7.58. The Balaban J connectivity index is 2.96. The average Bonchev–Trinajstić information content (AvgIpc) is 2.26. The van der Waals surface area contributed by atoms with E-state index in [0.717, 1.165) is 11.3 Å². The van der Waals surface area contributed by atoms with Crippen molar-refractivity contribution in [3.8, 4) is 11.5 Å². The maximum absolute atomic E-state index is 5.88. The molecule has 0 aliphatic heterocycles. The Labute approximate surface area is 96.0 Å². The number of hydrogen-bond donors (Lipinski definition) is 2. The molecule has 0 saturated carbocycles. The van der Waals surface area contributed by atoms with E-state index < -0.39 is 0 Å². The van der Waals surface area contributed by atoms with Gasteiger partial charge in [0, 0.05) is 18.7 Å². The lowest BCUT2D eigenvalue weighted by Crippen LogP contribution is -2.05. The van der Waals surface area contributed by atoms with E-state index in [1.807, 2.05) is 13.0 Å². The van der Waals surface area contributed by atoms with Crippen molar-refractivity contribution in [2.45, 2.75) is 6.92 Å². The first-order valence-corrected chi connectivity index (χ1v) is 4.98. The summed E-state index contributed by atoms with van der Waals surface area (Å²) in [5.41, 5.74) is 8.36. The van der Waals surface area contributed by atoms with Gasteiger partial charge in [0.2, 0.25) is 0 Å². The van der Waals surface area contributed by atoms with Gasteiger partial charge in [0.25, 0.3) is 0 Å². The van der Waals surface area contributed by atoms with Gasteiger partial charge in [-0.3, -0.25) is 0 Å². The summed E-state index contributed by atoms with van der Waals surface area (Å²) in [4.78, 5) is 0. The predicted molar refractivity (Wildman–Crippen MR) is 67.3 cm³/mol. The van der Waals surface area contributed by atoms with Crippen molar-refractivity contribution in [2.75, 3.05) is 31.8 Å². The highest BCUT2D eigenvalue weighted by molar-refractivity contribution is 5.72. The largest absolute Gasteiger partial charge is 0.493 e. The third-order valence-corrected chi connectivity index (χ3v) is 2.14. The fourth-order valence-electron chi connectivity index (χ4n) is 1.29. The predicted octanol–water partition coefficient (Wildman–Crippen LogP) is 2.27. The van der Waals surface area contributed by atoms with Crippen molar-refractivity contribution in [3.05, 3.63) is 24.3 Å². The van der Waals surface area contributed by atoms with Gasteiger partial charge in [0.05, 0.1) is 25.6 Å². The summed E-state index contributed by atoms with van der Waals surface area (Å²) >= 11 is 0. The molecule has 0 aromatic heterocycles. The van der Waals surface area contributed by atoms with E-state index in [9.17, 15) is 0 Å². The van der Waals surface area contributed by atoms with Gasteiger partial charge in [0.1, 0.15) is 0 Å². The highest BCUT2D eigenvalue weighted by Crippen LogP contribution is 2.34. The van der Waals surface area contributed by atoms with Crippen molar-refractivity contribution in [2.24, 2.45) is 0 Å². The van der Waals surface area contributed by atoms with Gasteiger partial charge in [-0.15, -0.1) is 0 Å². The van der Waals surface area contributed by atoms with Crippen LogP contribution in [0.25, 0.3) is 0 Å². The summed E-state index contributed by atoms with van der Waals surface area (Å²) in [6.07, 6.45) is 0. The SMILES string of the molecule is C=C(C)CNc1cc(OC)c(OC)cc1N. The molecule has 16 heavy (non-hydrogen) atoms. The first-order valence-electron chi connectivity index (χ1n) is 4.98. The minimum atomic E-state index is 0.624. The second-order valence-corrected chi connectivity index (χ2v) is 3.61. The van der Waals surface area contributed by atoms with Crippen LogP contribution in [0.3, 0.4) is 0 Å². The normalized spacial score (nSPS) is 9.69. The topological polar surface area (TPSA) is 56.5 Å². The Morgan fingerprint density at radius 2 is 1.88 bits per heavy atom. The average molecular weight is 222 g/mol. The number of benzene rings is 1. The number of nitrogen functional groups attached to an aromatic ring is 1. The molecule has 0 atom stereocenters.